The topological polar surface area (TPSA) is 102 Å². The minimum atomic E-state index is -0.893. The monoisotopic (exact) mass is 340 g/mol. The van der Waals surface area contributed by atoms with Crippen LogP contribution in [-0.4, -0.2) is 25.6 Å². The van der Waals surface area contributed by atoms with Crippen LogP contribution in [0.3, 0.4) is 0 Å². The summed E-state index contributed by atoms with van der Waals surface area (Å²) in [6, 6.07) is 12.1. The second-order valence-corrected chi connectivity index (χ2v) is 4.89. The summed E-state index contributed by atoms with van der Waals surface area (Å²) < 4.78 is 14.9. The van der Waals surface area contributed by atoms with Gasteiger partial charge in [0.25, 0.3) is 5.91 Å². The van der Waals surface area contributed by atoms with Crippen molar-refractivity contribution in [1.29, 1.82) is 5.26 Å². The van der Waals surface area contributed by atoms with E-state index in [-0.39, 0.29) is 12.1 Å². The summed E-state index contributed by atoms with van der Waals surface area (Å²) in [7, 11) is 1.56. The van der Waals surface area contributed by atoms with Gasteiger partial charge in [-0.25, -0.2) is 4.79 Å². The van der Waals surface area contributed by atoms with Crippen molar-refractivity contribution in [2.24, 2.45) is 0 Å². The predicted octanol–water partition coefficient (Wildman–Crippen LogP) is 2.05. The lowest BCUT2D eigenvalue weighted by Crippen LogP contribution is -2.28. The number of nitrogens with zero attached hydrogens (tertiary/aromatic N) is 1. The van der Waals surface area contributed by atoms with Gasteiger partial charge in [-0.15, -0.1) is 0 Å². The lowest BCUT2D eigenvalue weighted by Gasteiger charge is -2.07. The van der Waals surface area contributed by atoms with Gasteiger partial charge in [0.1, 0.15) is 23.2 Å². The maximum atomic E-state index is 11.8. The number of carbonyl (C=O) groups excluding carboxylic acids is 2. The van der Waals surface area contributed by atoms with E-state index in [4.69, 9.17) is 19.2 Å². The molecule has 1 N–H and O–H groups in total. The van der Waals surface area contributed by atoms with E-state index in [1.807, 2.05) is 6.07 Å². The van der Waals surface area contributed by atoms with E-state index in [2.05, 4.69) is 5.32 Å². The van der Waals surface area contributed by atoms with E-state index < -0.39 is 18.5 Å². The Bertz CT molecular complexity index is 803. The van der Waals surface area contributed by atoms with Crippen LogP contribution in [-0.2, 0) is 20.9 Å². The molecule has 0 fully saturated rings. The van der Waals surface area contributed by atoms with E-state index in [0.29, 0.717) is 11.5 Å². The third kappa shape index (κ3) is 5.55. The molecule has 128 valence electrons. The van der Waals surface area contributed by atoms with Gasteiger partial charge in [-0.3, -0.25) is 4.79 Å². The Morgan fingerprint density at radius 3 is 2.84 bits per heavy atom. The molecule has 0 unspecified atom stereocenters. The molecule has 0 bridgehead atoms. The minimum Gasteiger partial charge on any atom is -0.497 e. The Labute approximate surface area is 144 Å². The summed E-state index contributed by atoms with van der Waals surface area (Å²) >= 11 is 0. The summed E-state index contributed by atoms with van der Waals surface area (Å²) in [6.45, 7) is -0.221. The van der Waals surface area contributed by atoms with Crippen molar-refractivity contribution < 1.29 is 23.5 Å². The standard InChI is InChI=1S/C18H16N2O5/c1-23-15-5-2-4-13(8-15)11-20-17(21)12-25-18(22)14(10-19)9-16-6-3-7-24-16/h2-9H,11-12H2,1H3,(H,20,21)/b14-9+. The zero-order valence-electron chi connectivity index (χ0n) is 13.5. The Morgan fingerprint density at radius 1 is 1.32 bits per heavy atom. The number of benzene rings is 1. The van der Waals surface area contributed by atoms with Gasteiger partial charge < -0.3 is 19.2 Å². The van der Waals surface area contributed by atoms with Crippen LogP contribution in [0.15, 0.2) is 52.7 Å². The van der Waals surface area contributed by atoms with Gasteiger partial charge in [-0.1, -0.05) is 12.1 Å². The number of esters is 1. The summed E-state index contributed by atoms with van der Waals surface area (Å²) in [5.41, 5.74) is 0.588. The van der Waals surface area contributed by atoms with Gasteiger partial charge >= 0.3 is 5.97 Å². The second-order valence-electron chi connectivity index (χ2n) is 4.89. The van der Waals surface area contributed by atoms with E-state index in [0.717, 1.165) is 5.56 Å². The first-order chi connectivity index (χ1) is 12.1. The molecule has 1 aromatic carbocycles. The molecule has 1 heterocycles. The molecule has 7 heteroatoms. The molecule has 2 aromatic rings. The summed E-state index contributed by atoms with van der Waals surface area (Å²) in [5.74, 6) is -0.349. The van der Waals surface area contributed by atoms with Crippen molar-refractivity contribution in [1.82, 2.24) is 5.32 Å². The van der Waals surface area contributed by atoms with Gasteiger partial charge in [0.15, 0.2) is 6.61 Å². The number of carbonyl (C=O) groups is 2. The number of hydrogen-bond acceptors (Lipinski definition) is 6. The molecule has 0 aliphatic carbocycles. The van der Waals surface area contributed by atoms with E-state index in [9.17, 15) is 9.59 Å². The van der Waals surface area contributed by atoms with Crippen LogP contribution in [0.4, 0.5) is 0 Å². The maximum absolute atomic E-state index is 11.8. The van der Waals surface area contributed by atoms with E-state index in [1.54, 1.807) is 43.5 Å². The highest BCUT2D eigenvalue weighted by atomic mass is 16.5. The number of hydrogen-bond donors (Lipinski definition) is 1. The van der Waals surface area contributed by atoms with Gasteiger partial charge in [0.2, 0.25) is 0 Å². The predicted molar refractivity (Wildman–Crippen MR) is 88.1 cm³/mol. The molecule has 0 radical (unpaired) electrons. The number of furan rings is 1. The first-order valence-electron chi connectivity index (χ1n) is 7.34. The van der Waals surface area contributed by atoms with Crippen molar-refractivity contribution >= 4 is 18.0 Å². The normalized spacial score (nSPS) is 10.6. The van der Waals surface area contributed by atoms with Crippen LogP contribution >= 0.6 is 0 Å². The molecule has 0 spiro atoms. The van der Waals surface area contributed by atoms with Crippen LogP contribution in [0.1, 0.15) is 11.3 Å². The van der Waals surface area contributed by atoms with E-state index >= 15 is 0 Å². The molecule has 1 amide bonds. The molecular formula is C18H16N2O5. The Hall–Kier alpha value is -3.53. The molecule has 7 nitrogen and oxygen atoms in total. The van der Waals surface area contributed by atoms with Crippen LogP contribution in [0.25, 0.3) is 6.08 Å². The molecule has 0 saturated carbocycles. The first-order valence-corrected chi connectivity index (χ1v) is 7.34. The number of amides is 1. The SMILES string of the molecule is COc1cccc(CNC(=O)COC(=O)/C(C#N)=C/c2ccco2)c1. The fourth-order valence-electron chi connectivity index (χ4n) is 1.90. The zero-order valence-corrected chi connectivity index (χ0v) is 13.5. The zero-order chi connectivity index (χ0) is 18.1. The van der Waals surface area contributed by atoms with Crippen molar-refractivity contribution in [3.05, 3.63) is 59.6 Å². The highest BCUT2D eigenvalue weighted by Gasteiger charge is 2.13. The van der Waals surface area contributed by atoms with E-state index in [1.165, 1.54) is 12.3 Å². The molecule has 2 rings (SSSR count). The van der Waals surface area contributed by atoms with Crippen molar-refractivity contribution in [3.8, 4) is 11.8 Å². The van der Waals surface area contributed by atoms with Crippen LogP contribution in [0.5, 0.6) is 5.75 Å². The number of nitrogens with one attached hydrogen (secondary N) is 1. The maximum Gasteiger partial charge on any atom is 0.349 e. The molecule has 0 saturated heterocycles. The lowest BCUT2D eigenvalue weighted by atomic mass is 10.2. The van der Waals surface area contributed by atoms with Crippen molar-refractivity contribution in [2.75, 3.05) is 13.7 Å². The van der Waals surface area contributed by atoms with Crippen LogP contribution < -0.4 is 10.1 Å². The van der Waals surface area contributed by atoms with Gasteiger partial charge in [-0.2, -0.15) is 5.26 Å². The van der Waals surface area contributed by atoms with Crippen LogP contribution in [0.2, 0.25) is 0 Å². The average Bonchev–Trinajstić information content (AvgIpc) is 3.15. The van der Waals surface area contributed by atoms with Crippen molar-refractivity contribution in [2.45, 2.75) is 6.54 Å². The fraction of sp³-hybridized carbons (Fsp3) is 0.167. The van der Waals surface area contributed by atoms with Crippen molar-refractivity contribution in [3.63, 3.8) is 0 Å². The summed E-state index contributed by atoms with van der Waals surface area (Å²) in [6.07, 6.45) is 2.66. The summed E-state index contributed by atoms with van der Waals surface area (Å²) in [5, 5.41) is 11.6. The molecule has 0 aliphatic heterocycles. The van der Waals surface area contributed by atoms with Gasteiger partial charge in [0.05, 0.1) is 13.4 Å². The summed E-state index contributed by atoms with van der Waals surface area (Å²) in [4.78, 5) is 23.6. The molecule has 1 aromatic heterocycles. The quantitative estimate of drug-likeness (QED) is 0.470. The van der Waals surface area contributed by atoms with Gasteiger partial charge in [0, 0.05) is 12.6 Å². The molecule has 0 aliphatic rings. The number of methoxy groups -OCH3 is 1. The first kappa shape index (κ1) is 17.8. The Kier molecular flexibility index (Phi) is 6.37. The molecule has 25 heavy (non-hydrogen) atoms. The second kappa shape index (κ2) is 8.93. The smallest absolute Gasteiger partial charge is 0.349 e. The molecular weight excluding hydrogens is 324 g/mol. The highest BCUT2D eigenvalue weighted by Crippen LogP contribution is 2.12. The number of ether oxygens (including phenoxy) is 2. The third-order valence-corrected chi connectivity index (χ3v) is 3.13. The largest absolute Gasteiger partial charge is 0.497 e. The van der Waals surface area contributed by atoms with Crippen LogP contribution in [0, 0.1) is 11.3 Å². The Morgan fingerprint density at radius 2 is 2.16 bits per heavy atom. The highest BCUT2D eigenvalue weighted by molar-refractivity contribution is 5.98. The average molecular weight is 340 g/mol. The lowest BCUT2D eigenvalue weighted by molar-refractivity contribution is -0.144. The van der Waals surface area contributed by atoms with Gasteiger partial charge in [-0.05, 0) is 29.8 Å². The Balaban J connectivity index is 1.82. The number of rotatable bonds is 7. The number of nitriles is 1. The molecule has 0 atom stereocenters. The fourth-order valence-corrected chi connectivity index (χ4v) is 1.90. The third-order valence-electron chi connectivity index (χ3n) is 3.13. The minimum absolute atomic E-state index is 0.254.